The van der Waals surface area contributed by atoms with Crippen LogP contribution in [0.4, 0.5) is 0 Å². The van der Waals surface area contributed by atoms with Crippen molar-refractivity contribution >= 4 is 5.97 Å². The minimum absolute atomic E-state index is 0.232. The van der Waals surface area contributed by atoms with Crippen LogP contribution in [-0.2, 0) is 11.2 Å². The van der Waals surface area contributed by atoms with Gasteiger partial charge in [0.2, 0.25) is 0 Å². The van der Waals surface area contributed by atoms with Crippen molar-refractivity contribution in [3.8, 4) is 5.75 Å². The summed E-state index contributed by atoms with van der Waals surface area (Å²) in [5.41, 5.74) is 2.80. The Morgan fingerprint density at radius 2 is 1.81 bits per heavy atom. The van der Waals surface area contributed by atoms with Gasteiger partial charge in [-0.1, -0.05) is 36.4 Å². The molecule has 0 aliphatic carbocycles. The van der Waals surface area contributed by atoms with Crippen LogP contribution in [0.1, 0.15) is 22.7 Å². The van der Waals surface area contributed by atoms with Crippen LogP contribution in [0, 0.1) is 6.92 Å². The second kappa shape index (κ2) is 6.90. The summed E-state index contributed by atoms with van der Waals surface area (Å²) in [6, 6.07) is 13.7. The standard InChI is InChI=1S/C17H19NO3/c1-12-4-2-3-5-15(12)16(17(20)21)18-11-10-13-6-8-14(19)9-7-13/h2-9,16,18-19H,10-11H2,1H3,(H,20,21). The highest BCUT2D eigenvalue weighted by Crippen LogP contribution is 2.18. The summed E-state index contributed by atoms with van der Waals surface area (Å²) >= 11 is 0. The molecular formula is C17H19NO3. The van der Waals surface area contributed by atoms with E-state index >= 15 is 0 Å². The SMILES string of the molecule is Cc1ccccc1C(NCCc1ccc(O)cc1)C(=O)O. The highest BCUT2D eigenvalue weighted by molar-refractivity contribution is 5.76. The molecule has 110 valence electrons. The average Bonchev–Trinajstić information content (AvgIpc) is 2.46. The number of rotatable bonds is 6. The molecule has 0 amide bonds. The predicted octanol–water partition coefficient (Wildman–Crippen LogP) is 2.66. The molecule has 0 aromatic heterocycles. The molecule has 4 nitrogen and oxygen atoms in total. The van der Waals surface area contributed by atoms with Crippen molar-refractivity contribution in [3.63, 3.8) is 0 Å². The molecule has 0 aliphatic rings. The van der Waals surface area contributed by atoms with E-state index in [2.05, 4.69) is 5.32 Å². The van der Waals surface area contributed by atoms with Crippen molar-refractivity contribution in [2.75, 3.05) is 6.54 Å². The van der Waals surface area contributed by atoms with Crippen LogP contribution in [-0.4, -0.2) is 22.7 Å². The van der Waals surface area contributed by atoms with Gasteiger partial charge in [-0.2, -0.15) is 0 Å². The molecule has 1 unspecified atom stereocenters. The molecule has 0 radical (unpaired) electrons. The van der Waals surface area contributed by atoms with E-state index in [1.165, 1.54) is 0 Å². The molecule has 0 fully saturated rings. The van der Waals surface area contributed by atoms with Gasteiger partial charge in [0.25, 0.3) is 0 Å². The fourth-order valence-corrected chi connectivity index (χ4v) is 2.26. The maximum atomic E-state index is 11.4. The number of hydrogen-bond donors (Lipinski definition) is 3. The summed E-state index contributed by atoms with van der Waals surface area (Å²) in [5, 5.41) is 21.7. The number of benzene rings is 2. The zero-order valence-corrected chi connectivity index (χ0v) is 11.9. The maximum Gasteiger partial charge on any atom is 0.325 e. The normalized spacial score (nSPS) is 12.0. The van der Waals surface area contributed by atoms with Gasteiger partial charge in [-0.25, -0.2) is 0 Å². The highest BCUT2D eigenvalue weighted by atomic mass is 16.4. The molecule has 2 aromatic carbocycles. The maximum absolute atomic E-state index is 11.4. The van der Waals surface area contributed by atoms with Crippen LogP contribution >= 0.6 is 0 Å². The van der Waals surface area contributed by atoms with Crippen molar-refractivity contribution in [3.05, 3.63) is 65.2 Å². The van der Waals surface area contributed by atoms with Crippen molar-refractivity contribution in [2.24, 2.45) is 0 Å². The molecule has 1 atom stereocenters. The molecule has 0 saturated heterocycles. The first-order chi connectivity index (χ1) is 10.1. The minimum atomic E-state index is -0.880. The van der Waals surface area contributed by atoms with Gasteiger partial charge in [0.15, 0.2) is 0 Å². The quantitative estimate of drug-likeness (QED) is 0.763. The minimum Gasteiger partial charge on any atom is -0.508 e. The van der Waals surface area contributed by atoms with Gasteiger partial charge in [-0.15, -0.1) is 0 Å². The molecule has 0 bridgehead atoms. The predicted molar refractivity (Wildman–Crippen MR) is 81.4 cm³/mol. The lowest BCUT2D eigenvalue weighted by Crippen LogP contribution is -2.30. The Balaban J connectivity index is 2.00. The third kappa shape index (κ3) is 4.07. The van der Waals surface area contributed by atoms with E-state index in [-0.39, 0.29) is 5.75 Å². The molecule has 4 heteroatoms. The van der Waals surface area contributed by atoms with Crippen LogP contribution in [0.5, 0.6) is 5.75 Å². The average molecular weight is 285 g/mol. The first kappa shape index (κ1) is 15.1. The summed E-state index contributed by atoms with van der Waals surface area (Å²) in [6.45, 7) is 2.46. The third-order valence-electron chi connectivity index (χ3n) is 3.44. The fraction of sp³-hybridized carbons (Fsp3) is 0.235. The number of hydrogen-bond acceptors (Lipinski definition) is 3. The van der Waals surface area contributed by atoms with E-state index in [0.717, 1.165) is 16.7 Å². The largest absolute Gasteiger partial charge is 0.508 e. The van der Waals surface area contributed by atoms with E-state index in [9.17, 15) is 15.0 Å². The van der Waals surface area contributed by atoms with E-state index in [4.69, 9.17) is 0 Å². The van der Waals surface area contributed by atoms with Gasteiger partial charge in [0, 0.05) is 6.54 Å². The molecule has 2 aromatic rings. The monoisotopic (exact) mass is 285 g/mol. The second-order valence-electron chi connectivity index (χ2n) is 5.00. The zero-order valence-electron chi connectivity index (χ0n) is 11.9. The van der Waals surface area contributed by atoms with Gasteiger partial charge in [0.1, 0.15) is 11.8 Å². The first-order valence-electron chi connectivity index (χ1n) is 6.87. The number of nitrogens with one attached hydrogen (secondary N) is 1. The molecule has 21 heavy (non-hydrogen) atoms. The number of aromatic hydroxyl groups is 1. The lowest BCUT2D eigenvalue weighted by Gasteiger charge is -2.17. The van der Waals surface area contributed by atoms with E-state index in [0.29, 0.717) is 13.0 Å². The molecule has 0 heterocycles. The van der Waals surface area contributed by atoms with Crippen molar-refractivity contribution in [1.29, 1.82) is 0 Å². The number of carbonyl (C=O) groups is 1. The second-order valence-corrected chi connectivity index (χ2v) is 5.00. The van der Waals surface area contributed by atoms with Crippen molar-refractivity contribution < 1.29 is 15.0 Å². The van der Waals surface area contributed by atoms with Gasteiger partial charge < -0.3 is 15.5 Å². The van der Waals surface area contributed by atoms with Gasteiger partial charge >= 0.3 is 5.97 Å². The molecule has 0 saturated carbocycles. The molecule has 2 rings (SSSR count). The Labute approximate surface area is 124 Å². The smallest absolute Gasteiger partial charge is 0.325 e. The Bertz CT molecular complexity index is 608. The summed E-state index contributed by atoms with van der Waals surface area (Å²) < 4.78 is 0. The van der Waals surface area contributed by atoms with Crippen LogP contribution < -0.4 is 5.32 Å². The van der Waals surface area contributed by atoms with E-state index in [1.807, 2.05) is 43.3 Å². The van der Waals surface area contributed by atoms with Crippen molar-refractivity contribution in [2.45, 2.75) is 19.4 Å². The van der Waals surface area contributed by atoms with Crippen LogP contribution in [0.25, 0.3) is 0 Å². The first-order valence-corrected chi connectivity index (χ1v) is 6.87. The third-order valence-corrected chi connectivity index (χ3v) is 3.44. The number of phenolic OH excluding ortho intramolecular Hbond substituents is 1. The highest BCUT2D eigenvalue weighted by Gasteiger charge is 2.20. The Hall–Kier alpha value is -2.33. The van der Waals surface area contributed by atoms with Gasteiger partial charge in [0.05, 0.1) is 0 Å². The number of phenols is 1. The molecule has 0 aliphatic heterocycles. The fourth-order valence-electron chi connectivity index (χ4n) is 2.26. The molecule has 3 N–H and O–H groups in total. The Morgan fingerprint density at radius 3 is 2.43 bits per heavy atom. The summed E-state index contributed by atoms with van der Waals surface area (Å²) in [5.74, 6) is -0.648. The Kier molecular flexibility index (Phi) is 4.95. The summed E-state index contributed by atoms with van der Waals surface area (Å²) in [7, 11) is 0. The molecule has 0 spiro atoms. The molecular weight excluding hydrogens is 266 g/mol. The van der Waals surface area contributed by atoms with Crippen molar-refractivity contribution in [1.82, 2.24) is 5.32 Å². The summed E-state index contributed by atoms with van der Waals surface area (Å²) in [6.07, 6.45) is 0.704. The summed E-state index contributed by atoms with van der Waals surface area (Å²) in [4.78, 5) is 11.4. The van der Waals surface area contributed by atoms with E-state index < -0.39 is 12.0 Å². The number of carboxylic acids is 1. The Morgan fingerprint density at radius 1 is 1.14 bits per heavy atom. The van der Waals surface area contributed by atoms with Crippen LogP contribution in [0.3, 0.4) is 0 Å². The number of aryl methyl sites for hydroxylation is 1. The van der Waals surface area contributed by atoms with Crippen LogP contribution in [0.2, 0.25) is 0 Å². The lowest BCUT2D eigenvalue weighted by molar-refractivity contribution is -0.139. The zero-order chi connectivity index (χ0) is 15.2. The topological polar surface area (TPSA) is 69.6 Å². The lowest BCUT2D eigenvalue weighted by atomic mass is 10.0. The van der Waals surface area contributed by atoms with E-state index in [1.54, 1.807) is 12.1 Å². The van der Waals surface area contributed by atoms with Gasteiger partial charge in [-0.3, -0.25) is 4.79 Å². The van der Waals surface area contributed by atoms with Crippen LogP contribution in [0.15, 0.2) is 48.5 Å². The van der Waals surface area contributed by atoms with Gasteiger partial charge in [-0.05, 0) is 42.2 Å². The number of carboxylic acid groups (broad SMARTS) is 1. The number of aliphatic carboxylic acids is 1.